The molecule has 1 fully saturated rings. The normalized spacial score (nSPS) is 24.8. The van der Waals surface area contributed by atoms with Crippen molar-refractivity contribution in [2.45, 2.75) is 13.0 Å². The standard InChI is InChI=1S/C8H14N2O/c1-3-8(11)10-5-4-9-7(2)6-10/h3,7,9H,1,4-6H2,2H3. The number of nitrogens with zero attached hydrogens (tertiary/aromatic N) is 1. The minimum absolute atomic E-state index is 0.0401. The van der Waals surface area contributed by atoms with Crippen LogP contribution in [0.1, 0.15) is 6.92 Å². The molecule has 0 aromatic carbocycles. The maximum atomic E-state index is 11.1. The van der Waals surface area contributed by atoms with Crippen LogP contribution in [0, 0.1) is 0 Å². The zero-order valence-electron chi connectivity index (χ0n) is 6.84. The molecule has 1 unspecified atom stereocenters. The molecule has 1 aliphatic rings. The molecule has 0 aliphatic carbocycles. The van der Waals surface area contributed by atoms with Crippen molar-refractivity contribution in [3.05, 3.63) is 12.7 Å². The van der Waals surface area contributed by atoms with Crippen LogP contribution in [0.15, 0.2) is 12.7 Å². The first-order valence-electron chi connectivity index (χ1n) is 3.88. The molecule has 1 aliphatic heterocycles. The van der Waals surface area contributed by atoms with Crippen LogP contribution in [0.25, 0.3) is 0 Å². The second-order valence-electron chi connectivity index (χ2n) is 2.84. The molecule has 1 heterocycles. The number of piperazine rings is 1. The number of carbonyl (C=O) groups is 1. The van der Waals surface area contributed by atoms with Gasteiger partial charge in [0.15, 0.2) is 0 Å². The Morgan fingerprint density at radius 1 is 1.82 bits per heavy atom. The minimum atomic E-state index is 0.0401. The molecular weight excluding hydrogens is 140 g/mol. The van der Waals surface area contributed by atoms with Crippen LogP contribution in [0.3, 0.4) is 0 Å². The minimum Gasteiger partial charge on any atom is -0.336 e. The topological polar surface area (TPSA) is 32.3 Å². The number of amides is 1. The summed E-state index contributed by atoms with van der Waals surface area (Å²) in [6.07, 6.45) is 1.37. The van der Waals surface area contributed by atoms with E-state index in [-0.39, 0.29) is 5.91 Å². The molecule has 62 valence electrons. The summed E-state index contributed by atoms with van der Waals surface area (Å²) in [5.74, 6) is 0.0401. The predicted octanol–water partition coefficient (Wildman–Crippen LogP) is -0.00730. The van der Waals surface area contributed by atoms with Gasteiger partial charge in [-0.3, -0.25) is 4.79 Å². The molecule has 0 aromatic rings. The van der Waals surface area contributed by atoms with Crippen LogP contribution < -0.4 is 5.32 Å². The first kappa shape index (κ1) is 8.27. The van der Waals surface area contributed by atoms with Crippen molar-refractivity contribution < 1.29 is 4.79 Å². The van der Waals surface area contributed by atoms with Crippen LogP contribution >= 0.6 is 0 Å². The van der Waals surface area contributed by atoms with E-state index in [1.807, 2.05) is 4.90 Å². The summed E-state index contributed by atoms with van der Waals surface area (Å²) in [7, 11) is 0. The summed E-state index contributed by atoms with van der Waals surface area (Å²) in [6.45, 7) is 8.01. The molecule has 3 heteroatoms. The van der Waals surface area contributed by atoms with Gasteiger partial charge >= 0.3 is 0 Å². The number of hydrogen-bond acceptors (Lipinski definition) is 2. The molecule has 0 spiro atoms. The lowest BCUT2D eigenvalue weighted by molar-refractivity contribution is -0.127. The average Bonchev–Trinajstić information content (AvgIpc) is 2.03. The highest BCUT2D eigenvalue weighted by molar-refractivity contribution is 5.87. The first-order chi connectivity index (χ1) is 5.24. The lowest BCUT2D eigenvalue weighted by atomic mass is 10.2. The molecule has 0 radical (unpaired) electrons. The lowest BCUT2D eigenvalue weighted by Gasteiger charge is -2.30. The summed E-state index contributed by atoms with van der Waals surface area (Å²) in [4.78, 5) is 12.9. The lowest BCUT2D eigenvalue weighted by Crippen LogP contribution is -2.50. The smallest absolute Gasteiger partial charge is 0.246 e. The fraction of sp³-hybridized carbons (Fsp3) is 0.625. The third-order valence-electron chi connectivity index (χ3n) is 1.86. The van der Waals surface area contributed by atoms with E-state index in [2.05, 4.69) is 18.8 Å². The summed E-state index contributed by atoms with van der Waals surface area (Å²) in [6, 6.07) is 0.410. The van der Waals surface area contributed by atoms with Crippen LogP contribution in [0.5, 0.6) is 0 Å². The van der Waals surface area contributed by atoms with E-state index in [4.69, 9.17) is 0 Å². The Bertz CT molecular complexity index is 167. The van der Waals surface area contributed by atoms with E-state index >= 15 is 0 Å². The van der Waals surface area contributed by atoms with E-state index < -0.39 is 0 Å². The van der Waals surface area contributed by atoms with Gasteiger partial charge in [0, 0.05) is 25.7 Å². The Morgan fingerprint density at radius 3 is 3.09 bits per heavy atom. The third-order valence-corrected chi connectivity index (χ3v) is 1.86. The Labute approximate surface area is 67.1 Å². The van der Waals surface area contributed by atoms with Gasteiger partial charge in [0.05, 0.1) is 0 Å². The van der Waals surface area contributed by atoms with Crippen molar-refractivity contribution in [2.24, 2.45) is 0 Å². The quantitative estimate of drug-likeness (QED) is 0.539. The average molecular weight is 154 g/mol. The zero-order chi connectivity index (χ0) is 8.27. The molecule has 0 aromatic heterocycles. The third kappa shape index (κ3) is 2.05. The van der Waals surface area contributed by atoms with Crippen molar-refractivity contribution in [1.29, 1.82) is 0 Å². The SMILES string of the molecule is C=CC(=O)N1CCNC(C)C1. The highest BCUT2D eigenvalue weighted by atomic mass is 16.2. The molecular formula is C8H14N2O. The van der Waals surface area contributed by atoms with Gasteiger partial charge in [-0.1, -0.05) is 6.58 Å². The summed E-state index contributed by atoms with van der Waals surface area (Å²) >= 11 is 0. The molecule has 3 nitrogen and oxygen atoms in total. The van der Waals surface area contributed by atoms with Crippen molar-refractivity contribution in [2.75, 3.05) is 19.6 Å². The highest BCUT2D eigenvalue weighted by Gasteiger charge is 2.17. The number of rotatable bonds is 1. The van der Waals surface area contributed by atoms with Gasteiger partial charge in [-0.2, -0.15) is 0 Å². The van der Waals surface area contributed by atoms with Crippen molar-refractivity contribution in [3.8, 4) is 0 Å². The molecule has 1 rings (SSSR count). The van der Waals surface area contributed by atoms with Gasteiger partial charge in [-0.05, 0) is 13.0 Å². The zero-order valence-corrected chi connectivity index (χ0v) is 6.84. The van der Waals surface area contributed by atoms with Crippen molar-refractivity contribution in [3.63, 3.8) is 0 Å². The van der Waals surface area contributed by atoms with Crippen LogP contribution in [-0.2, 0) is 4.79 Å². The van der Waals surface area contributed by atoms with Crippen molar-refractivity contribution >= 4 is 5.91 Å². The monoisotopic (exact) mass is 154 g/mol. The molecule has 0 bridgehead atoms. The van der Waals surface area contributed by atoms with E-state index in [1.165, 1.54) is 6.08 Å². The van der Waals surface area contributed by atoms with Crippen LogP contribution in [-0.4, -0.2) is 36.5 Å². The molecule has 11 heavy (non-hydrogen) atoms. The van der Waals surface area contributed by atoms with Gasteiger partial charge in [-0.25, -0.2) is 0 Å². The summed E-state index contributed by atoms with van der Waals surface area (Å²) < 4.78 is 0. The van der Waals surface area contributed by atoms with Gasteiger partial charge in [0.2, 0.25) is 5.91 Å². The molecule has 1 N–H and O–H groups in total. The Balaban J connectivity index is 2.45. The van der Waals surface area contributed by atoms with Crippen LogP contribution in [0.4, 0.5) is 0 Å². The van der Waals surface area contributed by atoms with Crippen LogP contribution in [0.2, 0.25) is 0 Å². The van der Waals surface area contributed by atoms with E-state index in [0.717, 1.165) is 19.6 Å². The second-order valence-corrected chi connectivity index (χ2v) is 2.84. The van der Waals surface area contributed by atoms with Gasteiger partial charge in [-0.15, -0.1) is 0 Å². The maximum absolute atomic E-state index is 11.1. The Kier molecular flexibility index (Phi) is 2.65. The van der Waals surface area contributed by atoms with Crippen molar-refractivity contribution in [1.82, 2.24) is 10.2 Å². The second kappa shape index (κ2) is 3.53. The molecule has 1 amide bonds. The summed E-state index contributed by atoms with van der Waals surface area (Å²) in [5.41, 5.74) is 0. The highest BCUT2D eigenvalue weighted by Crippen LogP contribution is 1.98. The van der Waals surface area contributed by atoms with E-state index in [0.29, 0.717) is 6.04 Å². The van der Waals surface area contributed by atoms with E-state index in [1.54, 1.807) is 0 Å². The fourth-order valence-electron chi connectivity index (χ4n) is 1.26. The number of hydrogen-bond donors (Lipinski definition) is 1. The number of carbonyl (C=O) groups excluding carboxylic acids is 1. The van der Waals surface area contributed by atoms with E-state index in [9.17, 15) is 4.79 Å². The first-order valence-corrected chi connectivity index (χ1v) is 3.88. The largest absolute Gasteiger partial charge is 0.336 e. The Morgan fingerprint density at radius 2 is 2.55 bits per heavy atom. The molecule has 1 saturated heterocycles. The fourth-order valence-corrected chi connectivity index (χ4v) is 1.26. The molecule has 0 saturated carbocycles. The predicted molar refractivity (Wildman–Crippen MR) is 44.2 cm³/mol. The van der Waals surface area contributed by atoms with Gasteiger partial charge in [0.25, 0.3) is 0 Å². The Hall–Kier alpha value is -0.830. The van der Waals surface area contributed by atoms with Gasteiger partial charge in [0.1, 0.15) is 0 Å². The maximum Gasteiger partial charge on any atom is 0.246 e. The molecule has 1 atom stereocenters. The van der Waals surface area contributed by atoms with Gasteiger partial charge < -0.3 is 10.2 Å². The number of nitrogens with one attached hydrogen (secondary N) is 1. The summed E-state index contributed by atoms with van der Waals surface area (Å²) in [5, 5.41) is 3.26.